The van der Waals surface area contributed by atoms with Gasteiger partial charge >= 0.3 is 5.97 Å². The quantitative estimate of drug-likeness (QED) is 0.891. The van der Waals surface area contributed by atoms with Gasteiger partial charge < -0.3 is 10.2 Å². The molecule has 120 valence electrons. The molecule has 0 heterocycles. The average Bonchev–Trinajstić information content (AvgIpc) is 2.79. The molecule has 0 radical (unpaired) electrons. The number of carboxylic acids is 1. The molecule has 3 heteroatoms. The van der Waals surface area contributed by atoms with Crippen molar-refractivity contribution in [1.29, 1.82) is 0 Å². The second-order valence-electron chi connectivity index (χ2n) is 6.85. The molecule has 3 rings (SSSR count). The number of hydrogen-bond acceptors (Lipinski definition) is 2. The highest BCUT2D eigenvalue weighted by molar-refractivity contribution is 5.87. The fourth-order valence-electron chi connectivity index (χ4n) is 3.55. The summed E-state index contributed by atoms with van der Waals surface area (Å²) >= 11 is 0. The van der Waals surface area contributed by atoms with Gasteiger partial charge in [-0.25, -0.2) is 4.79 Å². The minimum atomic E-state index is -1.04. The fourth-order valence-corrected chi connectivity index (χ4v) is 3.55. The Morgan fingerprint density at radius 3 is 2.39 bits per heavy atom. The summed E-state index contributed by atoms with van der Waals surface area (Å²) in [5.41, 5.74) is 3.29. The van der Waals surface area contributed by atoms with Crippen LogP contribution in [-0.2, 0) is 5.60 Å². The minimum Gasteiger partial charge on any atom is -0.478 e. The summed E-state index contributed by atoms with van der Waals surface area (Å²) in [6.07, 6.45) is 0.621. The third-order valence-electron chi connectivity index (χ3n) is 4.93. The number of fused-ring (bicyclic) bond motifs is 1. The normalized spacial score (nSPS) is 23.1. The van der Waals surface area contributed by atoms with Crippen LogP contribution in [0, 0.1) is 0 Å². The van der Waals surface area contributed by atoms with Gasteiger partial charge in [-0.3, -0.25) is 0 Å². The van der Waals surface area contributed by atoms with Gasteiger partial charge in [0, 0.05) is 0 Å². The lowest BCUT2D eigenvalue weighted by molar-refractivity contribution is 0.0692. The average molecular weight is 310 g/mol. The standard InChI is InChI=1S/C20H22O3/c1-12(2)15-6-9-17-13(3)11-20(23,18(17)10-15)16-7-4-14(5-8-16)19(21)22/h4-10,12-13,23H,11H2,1-3H3,(H,21,22)/t13-,20-/m1/s1. The summed E-state index contributed by atoms with van der Waals surface area (Å²) < 4.78 is 0. The topological polar surface area (TPSA) is 57.5 Å². The number of benzene rings is 2. The number of hydrogen-bond donors (Lipinski definition) is 2. The van der Waals surface area contributed by atoms with Gasteiger partial charge in [0.2, 0.25) is 0 Å². The lowest BCUT2D eigenvalue weighted by atomic mass is 9.85. The third kappa shape index (κ3) is 2.55. The van der Waals surface area contributed by atoms with E-state index in [9.17, 15) is 9.90 Å². The monoisotopic (exact) mass is 310 g/mol. The second kappa shape index (κ2) is 5.50. The maximum Gasteiger partial charge on any atom is 0.335 e. The van der Waals surface area contributed by atoms with Gasteiger partial charge in [-0.2, -0.15) is 0 Å². The first kappa shape index (κ1) is 15.8. The second-order valence-corrected chi connectivity index (χ2v) is 6.85. The van der Waals surface area contributed by atoms with Crippen molar-refractivity contribution in [2.24, 2.45) is 0 Å². The SMILES string of the molecule is CC(C)c1ccc2c(c1)[C@](O)(c1ccc(C(=O)O)cc1)C[C@H]2C. The zero-order chi connectivity index (χ0) is 16.8. The summed E-state index contributed by atoms with van der Waals surface area (Å²) in [4.78, 5) is 11.0. The van der Waals surface area contributed by atoms with Crippen LogP contribution in [0.5, 0.6) is 0 Å². The van der Waals surface area contributed by atoms with E-state index in [-0.39, 0.29) is 11.5 Å². The van der Waals surface area contributed by atoms with Gasteiger partial charge in [0.1, 0.15) is 5.60 Å². The van der Waals surface area contributed by atoms with E-state index in [1.54, 1.807) is 24.3 Å². The molecule has 0 aromatic heterocycles. The molecule has 0 bridgehead atoms. The van der Waals surface area contributed by atoms with E-state index in [0.717, 1.165) is 11.1 Å². The Morgan fingerprint density at radius 2 is 1.83 bits per heavy atom. The summed E-state index contributed by atoms with van der Waals surface area (Å²) in [6.45, 7) is 6.40. The lowest BCUT2D eigenvalue weighted by Gasteiger charge is -2.26. The van der Waals surface area contributed by atoms with E-state index < -0.39 is 11.6 Å². The van der Waals surface area contributed by atoms with Crippen molar-refractivity contribution in [2.45, 2.75) is 44.6 Å². The van der Waals surface area contributed by atoms with Crippen LogP contribution < -0.4 is 0 Å². The highest BCUT2D eigenvalue weighted by Gasteiger charge is 2.42. The van der Waals surface area contributed by atoms with Crippen LogP contribution in [0.25, 0.3) is 0 Å². The number of carbonyl (C=O) groups is 1. The Hall–Kier alpha value is -2.13. The van der Waals surface area contributed by atoms with Crippen molar-refractivity contribution in [3.8, 4) is 0 Å². The minimum absolute atomic E-state index is 0.236. The van der Waals surface area contributed by atoms with Crippen molar-refractivity contribution in [3.05, 3.63) is 70.3 Å². The Bertz CT molecular complexity index is 746. The van der Waals surface area contributed by atoms with Gasteiger partial charge in [-0.15, -0.1) is 0 Å². The molecule has 0 aliphatic heterocycles. The van der Waals surface area contributed by atoms with Gasteiger partial charge in [0.05, 0.1) is 5.56 Å². The van der Waals surface area contributed by atoms with Crippen molar-refractivity contribution in [1.82, 2.24) is 0 Å². The summed E-state index contributed by atoms with van der Waals surface area (Å²) in [5.74, 6) is -0.281. The predicted molar refractivity (Wildman–Crippen MR) is 90.0 cm³/mol. The number of rotatable bonds is 3. The molecular formula is C20H22O3. The molecule has 1 aliphatic rings. The van der Waals surface area contributed by atoms with Gasteiger partial charge in [0.15, 0.2) is 0 Å². The van der Waals surface area contributed by atoms with Gasteiger partial charge in [-0.05, 0) is 52.6 Å². The third-order valence-corrected chi connectivity index (χ3v) is 4.93. The molecule has 0 fully saturated rings. The highest BCUT2D eigenvalue weighted by atomic mass is 16.4. The Morgan fingerprint density at radius 1 is 1.17 bits per heavy atom. The number of aromatic carboxylic acids is 1. The van der Waals surface area contributed by atoms with Crippen LogP contribution in [0.15, 0.2) is 42.5 Å². The molecule has 0 amide bonds. The fraction of sp³-hybridized carbons (Fsp3) is 0.350. The molecular weight excluding hydrogens is 288 g/mol. The molecule has 0 spiro atoms. The molecule has 2 atom stereocenters. The van der Waals surface area contributed by atoms with Crippen LogP contribution in [0.2, 0.25) is 0 Å². The Kier molecular flexibility index (Phi) is 3.77. The summed E-state index contributed by atoms with van der Waals surface area (Å²) in [5, 5.41) is 20.4. The summed E-state index contributed by atoms with van der Waals surface area (Å²) in [6, 6.07) is 12.9. The van der Waals surface area contributed by atoms with E-state index in [1.165, 1.54) is 11.1 Å². The van der Waals surface area contributed by atoms with E-state index in [2.05, 4.69) is 39.0 Å². The Labute approximate surface area is 136 Å². The highest BCUT2D eigenvalue weighted by Crippen LogP contribution is 2.48. The van der Waals surface area contributed by atoms with Crippen LogP contribution in [0.1, 0.15) is 71.6 Å². The van der Waals surface area contributed by atoms with E-state index in [4.69, 9.17) is 5.11 Å². The van der Waals surface area contributed by atoms with E-state index in [1.807, 2.05) is 0 Å². The van der Waals surface area contributed by atoms with Crippen LogP contribution >= 0.6 is 0 Å². The van der Waals surface area contributed by atoms with Crippen LogP contribution in [0.4, 0.5) is 0 Å². The molecule has 0 saturated carbocycles. The van der Waals surface area contributed by atoms with Crippen molar-refractivity contribution < 1.29 is 15.0 Å². The predicted octanol–water partition coefficient (Wildman–Crippen LogP) is 4.25. The van der Waals surface area contributed by atoms with Crippen LogP contribution in [-0.4, -0.2) is 16.2 Å². The molecule has 2 aromatic carbocycles. The maximum atomic E-state index is 11.4. The van der Waals surface area contributed by atoms with Gasteiger partial charge in [0.25, 0.3) is 0 Å². The first-order valence-electron chi connectivity index (χ1n) is 8.03. The molecule has 3 nitrogen and oxygen atoms in total. The van der Waals surface area contributed by atoms with Crippen molar-refractivity contribution in [3.63, 3.8) is 0 Å². The molecule has 0 unspecified atom stereocenters. The Balaban J connectivity index is 2.10. The first-order valence-corrected chi connectivity index (χ1v) is 8.03. The lowest BCUT2D eigenvalue weighted by Crippen LogP contribution is -2.24. The molecule has 2 aromatic rings. The first-order chi connectivity index (χ1) is 10.8. The van der Waals surface area contributed by atoms with Crippen molar-refractivity contribution in [2.75, 3.05) is 0 Å². The van der Waals surface area contributed by atoms with E-state index >= 15 is 0 Å². The summed E-state index contributed by atoms with van der Waals surface area (Å²) in [7, 11) is 0. The molecule has 0 saturated heterocycles. The molecule has 1 aliphatic carbocycles. The zero-order valence-electron chi connectivity index (χ0n) is 13.7. The largest absolute Gasteiger partial charge is 0.478 e. The van der Waals surface area contributed by atoms with Crippen LogP contribution in [0.3, 0.4) is 0 Å². The molecule has 2 N–H and O–H groups in total. The number of aliphatic hydroxyl groups is 1. The maximum absolute atomic E-state index is 11.4. The zero-order valence-corrected chi connectivity index (χ0v) is 13.7. The molecule has 23 heavy (non-hydrogen) atoms. The van der Waals surface area contributed by atoms with Crippen molar-refractivity contribution >= 4 is 5.97 Å². The van der Waals surface area contributed by atoms with E-state index in [0.29, 0.717) is 12.3 Å². The smallest absolute Gasteiger partial charge is 0.335 e. The number of carboxylic acid groups (broad SMARTS) is 1. The van der Waals surface area contributed by atoms with Gasteiger partial charge in [-0.1, -0.05) is 51.1 Å².